The van der Waals surface area contributed by atoms with Gasteiger partial charge >= 0.3 is 134 Å². The average molecular weight is 1700 g/mol. The second-order valence-corrected chi connectivity index (χ2v) is 50.6. The van der Waals surface area contributed by atoms with E-state index in [9.17, 15) is 0 Å². The van der Waals surface area contributed by atoms with Crippen molar-refractivity contribution in [2.45, 2.75) is 351 Å². The molecule has 0 amide bonds. The molecule has 0 heterocycles. The summed E-state index contributed by atoms with van der Waals surface area (Å²) in [5, 5.41) is 0. The van der Waals surface area contributed by atoms with Crippen LogP contribution in [-0.2, 0) is 242 Å². The van der Waals surface area contributed by atoms with E-state index in [0.29, 0.717) is 0 Å². The van der Waals surface area contributed by atoms with Crippen molar-refractivity contribution >= 4 is 155 Å². The van der Waals surface area contributed by atoms with Crippen LogP contribution in [0.5, 0.6) is 0 Å². The predicted molar refractivity (Wildman–Crippen MR) is 381 cm³/mol. The molecule has 22 heteroatoms. The van der Waals surface area contributed by atoms with Gasteiger partial charge in [-0.15, -0.1) is 0 Å². The zero-order chi connectivity index (χ0) is 49.9. The largest absolute Gasteiger partial charge is 2.00 e. The van der Waals surface area contributed by atoms with E-state index in [1.54, 1.807) is 0 Å². The summed E-state index contributed by atoms with van der Waals surface area (Å²) >= 11 is 0. The fourth-order valence-corrected chi connectivity index (χ4v) is 36.0. The van der Waals surface area contributed by atoms with Crippen molar-refractivity contribution in [1.82, 2.24) is 0 Å². The molecule has 0 aliphatic rings. The molecular formula is C54H132Co8P6S8+6. The van der Waals surface area contributed by atoms with Crippen molar-refractivity contribution in [3.63, 3.8) is 0 Å². The molecule has 0 aliphatic heterocycles. The molecule has 0 spiro atoms. The van der Waals surface area contributed by atoms with Gasteiger partial charge in [-0.3, -0.25) is 0 Å². The Labute approximate surface area is 632 Å². The minimum absolute atomic E-state index is 0. The third kappa shape index (κ3) is 85.5. The van der Waals surface area contributed by atoms with Crippen LogP contribution < -0.4 is 0 Å². The fraction of sp³-hybridized carbons (Fsp3) is 1.00. The van der Waals surface area contributed by atoms with Crippen LogP contribution in [-0.4, -0.2) is 102 Å². The first-order valence-corrected chi connectivity index (χ1v) is 36.4. The maximum atomic E-state index is 2.37. The molecule has 0 aliphatic carbocycles. The monoisotopic (exact) mass is 1690 g/mol. The predicted octanol–water partition coefficient (Wildman–Crippen LogP) is 20.5. The van der Waals surface area contributed by atoms with Gasteiger partial charge in [0.2, 0.25) is 0 Å². The summed E-state index contributed by atoms with van der Waals surface area (Å²) in [4.78, 5) is 0. The Morgan fingerprint density at radius 2 is 0.132 bits per heavy atom. The maximum Gasteiger partial charge on any atom is 2.00 e. The van der Waals surface area contributed by atoms with Crippen molar-refractivity contribution < 1.29 is 134 Å². The normalized spacial score (nSPS) is 9.95. The van der Waals surface area contributed by atoms with Gasteiger partial charge < -0.3 is 108 Å². The number of hydrogen-bond donors (Lipinski definition) is 0. The Kier molecular flexibility index (Phi) is 177. The fourth-order valence-electron chi connectivity index (χ4n) is 12.0. The van der Waals surface area contributed by atoms with E-state index in [1.807, 2.05) is 0 Å². The van der Waals surface area contributed by atoms with Crippen LogP contribution in [0.15, 0.2) is 0 Å². The molecule has 0 N–H and O–H groups in total. The molecule has 0 saturated carbocycles. The van der Waals surface area contributed by atoms with Gasteiger partial charge in [-0.25, -0.2) is 0 Å². The number of hydrogen-bond acceptors (Lipinski definition) is 0. The van der Waals surface area contributed by atoms with E-state index >= 15 is 0 Å². The van der Waals surface area contributed by atoms with Gasteiger partial charge in [0, 0.05) is 47.5 Å². The molecule has 492 valence electrons. The molecule has 0 rings (SSSR count). The second-order valence-electron chi connectivity index (χ2n) is 23.8. The first-order chi connectivity index (χ1) is 26.8. The van der Waals surface area contributed by atoms with Crippen LogP contribution in [0.3, 0.4) is 0 Å². The van der Waals surface area contributed by atoms with Crippen molar-refractivity contribution in [3.8, 4) is 0 Å². The molecule has 0 saturated heterocycles. The van der Waals surface area contributed by atoms with E-state index in [-0.39, 0.29) is 290 Å². The summed E-state index contributed by atoms with van der Waals surface area (Å²) < 4.78 is 0. The van der Waals surface area contributed by atoms with E-state index in [4.69, 9.17) is 0 Å². The second kappa shape index (κ2) is 88.6. The van der Waals surface area contributed by atoms with Crippen molar-refractivity contribution in [3.05, 3.63) is 0 Å². The van der Waals surface area contributed by atoms with Gasteiger partial charge in [0.1, 0.15) is 0 Å². The minimum Gasteiger partial charge on any atom is -2.00 e. The smallest absolute Gasteiger partial charge is 2.00 e. The topological polar surface area (TPSA) is 0 Å². The van der Waals surface area contributed by atoms with E-state index < -0.39 is 0 Å². The van der Waals surface area contributed by atoms with E-state index in [1.165, 1.54) is 0 Å². The Bertz CT molecular complexity index is 653. The van der Waals surface area contributed by atoms with Crippen LogP contribution in [0.4, 0.5) is 0 Å². The molecule has 0 unspecified atom stereocenters. The van der Waals surface area contributed by atoms with Crippen LogP contribution in [0.2, 0.25) is 0 Å². The van der Waals surface area contributed by atoms with Crippen LogP contribution in [0.1, 0.15) is 249 Å². The molecule has 0 nitrogen and oxygen atoms in total. The van der Waals surface area contributed by atoms with Crippen LogP contribution in [0.25, 0.3) is 0 Å². The van der Waals surface area contributed by atoms with Gasteiger partial charge in [0.05, 0.1) is 102 Å². The van der Waals surface area contributed by atoms with Crippen molar-refractivity contribution in [2.24, 2.45) is 0 Å². The quantitative estimate of drug-likeness (QED) is 0.120. The summed E-state index contributed by atoms with van der Waals surface area (Å²) in [5.74, 6) is 0. The molecule has 0 aromatic rings. The van der Waals surface area contributed by atoms with E-state index in [2.05, 4.69) is 249 Å². The Hall–Kier alpha value is 9.43. The van der Waals surface area contributed by atoms with Crippen molar-refractivity contribution in [2.75, 3.05) is 0 Å². The molecule has 0 bridgehead atoms. The molecule has 0 aromatic heterocycles. The Morgan fingerprint density at radius 3 is 0.132 bits per heavy atom. The van der Waals surface area contributed by atoms with Gasteiger partial charge in [0.25, 0.3) is 0 Å². The van der Waals surface area contributed by atoms with Gasteiger partial charge in [-0.2, -0.15) is 0 Å². The van der Waals surface area contributed by atoms with Crippen LogP contribution in [0, 0.1) is 0 Å². The third-order valence-electron chi connectivity index (χ3n) is 12.0. The molecule has 8 radical (unpaired) electrons. The molecule has 0 aromatic carbocycles. The summed E-state index contributed by atoms with van der Waals surface area (Å²) in [7, 11) is -0.574. The zero-order valence-corrected chi connectivity index (χ0v) is 76.2. The molecule has 76 heavy (non-hydrogen) atoms. The number of rotatable bonds is 18. The average Bonchev–Trinajstić information content (AvgIpc) is 2.94. The minimum atomic E-state index is -0.0957. The van der Waals surface area contributed by atoms with Crippen molar-refractivity contribution in [1.29, 1.82) is 0 Å². The third-order valence-corrected chi connectivity index (χ3v) is 36.0. The summed E-state index contributed by atoms with van der Waals surface area (Å²) in [6.07, 6.45) is 0. The van der Waals surface area contributed by atoms with Gasteiger partial charge in [0.15, 0.2) is 0 Å². The zero-order valence-electron chi connectivity index (χ0n) is 55.3. The van der Waals surface area contributed by atoms with Crippen LogP contribution >= 0.6 is 47.5 Å². The molecule has 0 atom stereocenters. The van der Waals surface area contributed by atoms with Gasteiger partial charge in [-0.1, -0.05) is 0 Å². The standard InChI is InChI=1S/6C9H21P.8Co.8S/c6*1-7(2)10(8(3)4)9(5)6;;;;;;;;;;;;;;;;/h6*7-9H,1-6H3;;;;;;;;;;;;;;;;/q;;;;;;8*+2;8*-2/p+6. The molecular weight excluding hydrogens is 1560 g/mol. The Balaban J connectivity index is -0.0000000221. The maximum absolute atomic E-state index is 2.37. The summed E-state index contributed by atoms with van der Waals surface area (Å²) in [5.41, 5.74) is 16.8. The summed E-state index contributed by atoms with van der Waals surface area (Å²) in [6.45, 7) is 85.3. The van der Waals surface area contributed by atoms with Gasteiger partial charge in [-0.05, 0) is 249 Å². The van der Waals surface area contributed by atoms with E-state index in [0.717, 1.165) is 102 Å². The SMILES string of the molecule is CC(C)[PH+](C(C)C)C(C)C.CC(C)[PH+](C(C)C)C(C)C.CC(C)[PH+](C(C)C)C(C)C.CC(C)[PH+](C(C)C)C(C)C.CC(C)[PH+](C(C)C)C(C)C.CC(C)[PH+](C(C)C)C(C)C.[Co+2].[Co+2].[Co+2].[Co+2].[Co+2].[Co+2].[Co+2].[Co+2].[S-2].[S-2].[S-2].[S-2].[S-2].[S-2].[S-2].[S-2]. The Morgan fingerprint density at radius 1 is 0.105 bits per heavy atom. The first-order valence-electron chi connectivity index (χ1n) is 26.0. The first kappa shape index (κ1) is 151. The summed E-state index contributed by atoms with van der Waals surface area (Å²) in [6, 6.07) is 0. The molecule has 0 fully saturated rings.